The molecule has 1 amide bonds. The fraction of sp³-hybridized carbons (Fsp3) is 0.722. The van der Waals surface area contributed by atoms with E-state index in [0.29, 0.717) is 18.4 Å². The topological polar surface area (TPSA) is 69.6 Å². The van der Waals surface area contributed by atoms with Crippen LogP contribution in [-0.2, 0) is 4.79 Å². The van der Waals surface area contributed by atoms with Crippen molar-refractivity contribution in [3.8, 4) is 0 Å². The van der Waals surface area contributed by atoms with Crippen LogP contribution in [0.25, 0.3) is 0 Å². The van der Waals surface area contributed by atoms with Crippen molar-refractivity contribution in [2.45, 2.75) is 52.0 Å². The second-order valence-electron chi connectivity index (χ2n) is 7.04. The second kappa shape index (κ2) is 7.47. The number of piperidine rings is 2. The molecule has 2 atom stereocenters. The number of carbonyl (C=O) groups is 1. The number of rotatable bonds is 5. The average molecular weight is 332 g/mol. The Morgan fingerprint density at radius 1 is 1.29 bits per heavy atom. The van der Waals surface area contributed by atoms with Gasteiger partial charge in [-0.3, -0.25) is 9.78 Å². The van der Waals surface area contributed by atoms with Gasteiger partial charge < -0.3 is 14.9 Å². The Balaban J connectivity index is 1.70. The molecule has 2 aliphatic rings. The zero-order chi connectivity index (χ0) is 17.1. The molecule has 6 heteroatoms. The molecule has 3 rings (SSSR count). The van der Waals surface area contributed by atoms with E-state index in [-0.39, 0.29) is 12.5 Å². The van der Waals surface area contributed by atoms with Crippen LogP contribution in [0, 0.1) is 19.8 Å². The number of carbonyl (C=O) groups excluding carboxylic acids is 1. The van der Waals surface area contributed by atoms with E-state index in [9.17, 15) is 4.79 Å². The lowest BCUT2D eigenvalue weighted by Crippen LogP contribution is -2.56. The van der Waals surface area contributed by atoms with E-state index in [1.807, 2.05) is 20.0 Å². The Morgan fingerprint density at radius 2 is 2.12 bits per heavy atom. The molecule has 1 N–H and O–H groups in total. The molecular weight excluding hydrogens is 304 g/mol. The lowest BCUT2D eigenvalue weighted by molar-refractivity contribution is -0.139. The summed E-state index contributed by atoms with van der Waals surface area (Å²) in [5, 5.41) is 8.98. The fourth-order valence-electron chi connectivity index (χ4n) is 4.05. The van der Waals surface area contributed by atoms with Crippen LogP contribution >= 0.6 is 0 Å². The minimum Gasteiger partial charge on any atom is -0.396 e. The highest BCUT2D eigenvalue weighted by atomic mass is 16.3. The molecule has 2 saturated heterocycles. The Kier molecular flexibility index (Phi) is 5.33. The molecule has 0 bridgehead atoms. The number of nitrogens with zero attached hydrogens (tertiary/aromatic N) is 4. The van der Waals surface area contributed by atoms with Gasteiger partial charge in [0.1, 0.15) is 5.82 Å². The number of hydrogen-bond acceptors (Lipinski definition) is 5. The van der Waals surface area contributed by atoms with Gasteiger partial charge >= 0.3 is 0 Å². The normalized spacial score (nSPS) is 24.2. The first-order chi connectivity index (χ1) is 11.6. The minimum atomic E-state index is 0.204. The molecule has 6 nitrogen and oxygen atoms in total. The number of anilines is 1. The van der Waals surface area contributed by atoms with Gasteiger partial charge in [-0.1, -0.05) is 0 Å². The molecule has 3 heterocycles. The highest BCUT2D eigenvalue weighted by molar-refractivity contribution is 5.77. The quantitative estimate of drug-likeness (QED) is 0.831. The first kappa shape index (κ1) is 17.1. The average Bonchev–Trinajstić information content (AvgIpc) is 2.59. The van der Waals surface area contributed by atoms with Crippen LogP contribution in [0.5, 0.6) is 0 Å². The Morgan fingerprint density at radius 3 is 2.92 bits per heavy atom. The molecular formula is C18H28N4O2. The summed E-state index contributed by atoms with van der Waals surface area (Å²) in [6, 6.07) is 0.347. The van der Waals surface area contributed by atoms with Gasteiger partial charge in [-0.2, -0.15) is 0 Å². The minimum absolute atomic E-state index is 0.204. The summed E-state index contributed by atoms with van der Waals surface area (Å²) in [6.07, 6.45) is 6.07. The third-order valence-electron chi connectivity index (χ3n) is 5.30. The number of likely N-dealkylation sites (tertiary alicyclic amines) is 1. The van der Waals surface area contributed by atoms with E-state index in [0.717, 1.165) is 62.5 Å². The largest absolute Gasteiger partial charge is 0.396 e. The van der Waals surface area contributed by atoms with Crippen molar-refractivity contribution in [2.24, 2.45) is 5.92 Å². The summed E-state index contributed by atoms with van der Waals surface area (Å²) >= 11 is 0. The van der Waals surface area contributed by atoms with Crippen molar-refractivity contribution in [2.75, 3.05) is 31.1 Å². The van der Waals surface area contributed by atoms with Crippen molar-refractivity contribution in [1.29, 1.82) is 0 Å². The molecule has 2 aliphatic heterocycles. The van der Waals surface area contributed by atoms with E-state index in [1.165, 1.54) is 0 Å². The van der Waals surface area contributed by atoms with Crippen molar-refractivity contribution in [1.82, 2.24) is 14.9 Å². The number of amides is 1. The number of aryl methyl sites for hydroxylation is 2. The Labute approximate surface area is 143 Å². The van der Waals surface area contributed by atoms with E-state index in [1.54, 1.807) is 0 Å². The lowest BCUT2D eigenvalue weighted by atomic mass is 9.83. The van der Waals surface area contributed by atoms with Gasteiger partial charge in [0.05, 0.1) is 11.4 Å². The monoisotopic (exact) mass is 332 g/mol. The summed E-state index contributed by atoms with van der Waals surface area (Å²) in [5.41, 5.74) is 1.92. The molecule has 2 fully saturated rings. The van der Waals surface area contributed by atoms with Gasteiger partial charge in [0, 0.05) is 44.9 Å². The Bertz CT molecular complexity index is 592. The van der Waals surface area contributed by atoms with E-state index in [2.05, 4.69) is 19.8 Å². The van der Waals surface area contributed by atoms with E-state index >= 15 is 0 Å². The van der Waals surface area contributed by atoms with Gasteiger partial charge in [0.2, 0.25) is 5.91 Å². The van der Waals surface area contributed by atoms with E-state index in [4.69, 9.17) is 5.11 Å². The summed E-state index contributed by atoms with van der Waals surface area (Å²) in [5.74, 6) is 1.79. The van der Waals surface area contributed by atoms with Crippen LogP contribution in [-0.4, -0.2) is 58.2 Å². The molecule has 132 valence electrons. The van der Waals surface area contributed by atoms with Crippen LogP contribution < -0.4 is 4.90 Å². The first-order valence-electron chi connectivity index (χ1n) is 9.05. The van der Waals surface area contributed by atoms with Crippen LogP contribution in [0.3, 0.4) is 0 Å². The van der Waals surface area contributed by atoms with Gasteiger partial charge in [-0.15, -0.1) is 0 Å². The van der Waals surface area contributed by atoms with Crippen molar-refractivity contribution < 1.29 is 9.90 Å². The van der Waals surface area contributed by atoms with Gasteiger partial charge in [0.15, 0.2) is 0 Å². The van der Waals surface area contributed by atoms with E-state index < -0.39 is 0 Å². The van der Waals surface area contributed by atoms with Crippen LogP contribution in [0.15, 0.2) is 6.20 Å². The lowest BCUT2D eigenvalue weighted by Gasteiger charge is -2.47. The molecule has 1 aromatic heterocycles. The van der Waals surface area contributed by atoms with Crippen molar-refractivity contribution in [3.05, 3.63) is 17.6 Å². The highest BCUT2D eigenvalue weighted by Gasteiger charge is 2.39. The number of fused-ring (bicyclic) bond motifs is 1. The molecule has 0 unspecified atom stereocenters. The molecule has 24 heavy (non-hydrogen) atoms. The second-order valence-corrected chi connectivity index (χ2v) is 7.04. The number of aromatic nitrogens is 2. The van der Waals surface area contributed by atoms with Crippen molar-refractivity contribution in [3.63, 3.8) is 0 Å². The molecule has 0 radical (unpaired) electrons. The highest BCUT2D eigenvalue weighted by Crippen LogP contribution is 2.33. The first-order valence-corrected chi connectivity index (χ1v) is 9.05. The predicted molar refractivity (Wildman–Crippen MR) is 92.9 cm³/mol. The van der Waals surface area contributed by atoms with Crippen LogP contribution in [0.1, 0.15) is 43.5 Å². The van der Waals surface area contributed by atoms with Gasteiger partial charge in [-0.05, 0) is 45.4 Å². The fourth-order valence-corrected chi connectivity index (χ4v) is 4.05. The number of hydrogen-bond donors (Lipinski definition) is 1. The van der Waals surface area contributed by atoms with Crippen molar-refractivity contribution >= 4 is 11.7 Å². The third-order valence-corrected chi connectivity index (χ3v) is 5.30. The summed E-state index contributed by atoms with van der Waals surface area (Å²) in [6.45, 7) is 6.85. The molecule has 0 saturated carbocycles. The number of aliphatic hydroxyl groups excluding tert-OH is 1. The smallest absolute Gasteiger partial charge is 0.222 e. The Hall–Kier alpha value is -1.69. The maximum Gasteiger partial charge on any atom is 0.222 e. The summed E-state index contributed by atoms with van der Waals surface area (Å²) in [7, 11) is 0. The third kappa shape index (κ3) is 3.53. The molecule has 1 aromatic rings. The maximum absolute atomic E-state index is 12.3. The summed E-state index contributed by atoms with van der Waals surface area (Å²) in [4.78, 5) is 25.9. The summed E-state index contributed by atoms with van der Waals surface area (Å²) < 4.78 is 0. The zero-order valence-electron chi connectivity index (χ0n) is 14.7. The van der Waals surface area contributed by atoms with Gasteiger partial charge in [-0.25, -0.2) is 4.98 Å². The predicted octanol–water partition coefficient (Wildman–Crippen LogP) is 1.68. The standard InChI is InChI=1S/C18H28N4O2/c1-13-11-19-14(2)18(20-13)21-9-7-16-15(12-21)5-6-17(24)22(16)8-3-4-10-23/h11,15-16,23H,3-10,12H2,1-2H3/t15-,16+/m1/s1. The van der Waals surface area contributed by atoms with Gasteiger partial charge in [0.25, 0.3) is 0 Å². The van der Waals surface area contributed by atoms with Crippen LogP contribution in [0.4, 0.5) is 5.82 Å². The molecule has 0 spiro atoms. The SMILES string of the molecule is Cc1cnc(C)c(N2CC[C@H]3[C@H](CCC(=O)N3CCCCO)C2)n1. The zero-order valence-corrected chi connectivity index (χ0v) is 14.7. The maximum atomic E-state index is 12.3. The number of unbranched alkanes of at least 4 members (excludes halogenated alkanes) is 1. The number of aliphatic hydroxyl groups is 1. The molecule has 0 aromatic carbocycles. The molecule has 0 aliphatic carbocycles. The van der Waals surface area contributed by atoms with Crippen LogP contribution in [0.2, 0.25) is 0 Å².